The zero-order chi connectivity index (χ0) is 20.7. The molecule has 1 aliphatic rings. The van der Waals surface area contributed by atoms with Crippen molar-refractivity contribution in [1.82, 2.24) is 9.78 Å². The van der Waals surface area contributed by atoms with Crippen LogP contribution in [-0.2, 0) is 9.59 Å². The van der Waals surface area contributed by atoms with Gasteiger partial charge in [0.1, 0.15) is 11.9 Å². The molecule has 3 aromatic rings. The molecule has 1 aromatic heterocycles. The highest BCUT2D eigenvalue weighted by Crippen LogP contribution is 2.38. The van der Waals surface area contributed by atoms with Crippen molar-refractivity contribution in [2.75, 3.05) is 10.6 Å². The molecule has 6 nitrogen and oxygen atoms in total. The van der Waals surface area contributed by atoms with E-state index in [-0.39, 0.29) is 18.2 Å². The van der Waals surface area contributed by atoms with E-state index in [0.29, 0.717) is 21.6 Å². The Morgan fingerprint density at radius 3 is 2.59 bits per heavy atom. The van der Waals surface area contributed by atoms with Crippen molar-refractivity contribution in [3.63, 3.8) is 0 Å². The molecule has 1 aliphatic heterocycles. The second-order valence-corrected chi connectivity index (χ2v) is 7.83. The van der Waals surface area contributed by atoms with E-state index in [1.165, 1.54) is 0 Å². The quantitative estimate of drug-likeness (QED) is 0.613. The van der Waals surface area contributed by atoms with Crippen LogP contribution < -0.4 is 10.6 Å². The fourth-order valence-corrected chi connectivity index (χ4v) is 3.71. The summed E-state index contributed by atoms with van der Waals surface area (Å²) in [6.07, 6.45) is -0.0362. The summed E-state index contributed by atoms with van der Waals surface area (Å²) in [7, 11) is 0. The maximum Gasteiger partial charge on any atom is 0.251 e. The Hall–Kier alpha value is -2.83. The van der Waals surface area contributed by atoms with Crippen molar-refractivity contribution in [2.24, 2.45) is 0 Å². The number of aromatic nitrogens is 2. The predicted molar refractivity (Wildman–Crippen MR) is 115 cm³/mol. The van der Waals surface area contributed by atoms with E-state index < -0.39 is 6.04 Å². The zero-order valence-electron chi connectivity index (χ0n) is 15.8. The third-order valence-corrected chi connectivity index (χ3v) is 5.55. The molecule has 2 amide bonds. The van der Waals surface area contributed by atoms with Crippen LogP contribution in [0, 0.1) is 13.8 Å². The molecule has 1 unspecified atom stereocenters. The van der Waals surface area contributed by atoms with Crippen LogP contribution in [0.4, 0.5) is 11.5 Å². The molecule has 1 atom stereocenters. The van der Waals surface area contributed by atoms with Crippen LogP contribution in [-0.4, -0.2) is 21.6 Å². The number of fused-ring (bicyclic) bond motifs is 1. The summed E-state index contributed by atoms with van der Waals surface area (Å²) in [5.74, 6) is 0.0323. The normalized spacial score (nSPS) is 15.2. The Morgan fingerprint density at radius 1 is 1.17 bits per heavy atom. The SMILES string of the molecule is Cc1ccc(NC(=O)CC2C(=O)Nc3c(-c4ccc(Cl)cc4)c(C)nn32)cc1Cl. The summed E-state index contributed by atoms with van der Waals surface area (Å²) in [6, 6.07) is 11.9. The summed E-state index contributed by atoms with van der Waals surface area (Å²) in [5.41, 5.74) is 3.99. The lowest BCUT2D eigenvalue weighted by atomic mass is 10.1. The Kier molecular flexibility index (Phi) is 5.06. The molecular weight excluding hydrogens is 411 g/mol. The van der Waals surface area contributed by atoms with E-state index in [9.17, 15) is 9.59 Å². The fourth-order valence-electron chi connectivity index (χ4n) is 3.40. The number of benzene rings is 2. The summed E-state index contributed by atoms with van der Waals surface area (Å²) in [4.78, 5) is 25.1. The first-order valence-electron chi connectivity index (χ1n) is 9.05. The number of amides is 2. The lowest BCUT2D eigenvalue weighted by Crippen LogP contribution is -2.23. The molecule has 2 heterocycles. The molecule has 8 heteroatoms. The maximum absolute atomic E-state index is 12.5. The summed E-state index contributed by atoms with van der Waals surface area (Å²) >= 11 is 12.1. The number of halogens is 2. The van der Waals surface area contributed by atoms with Gasteiger partial charge in [-0.15, -0.1) is 0 Å². The largest absolute Gasteiger partial charge is 0.326 e. The van der Waals surface area contributed by atoms with Gasteiger partial charge in [0.2, 0.25) is 5.91 Å². The number of carbonyl (C=O) groups is 2. The lowest BCUT2D eigenvalue weighted by molar-refractivity contribution is -0.123. The molecule has 0 bridgehead atoms. The molecular formula is C21H18Cl2N4O2. The number of nitrogens with zero attached hydrogens (tertiary/aromatic N) is 2. The van der Waals surface area contributed by atoms with Gasteiger partial charge in [0.05, 0.1) is 12.1 Å². The van der Waals surface area contributed by atoms with Crippen molar-refractivity contribution in [3.8, 4) is 11.1 Å². The molecule has 0 saturated carbocycles. The molecule has 2 aromatic carbocycles. The first kappa shape index (κ1) is 19.5. The number of hydrogen-bond donors (Lipinski definition) is 2. The van der Waals surface area contributed by atoms with Gasteiger partial charge >= 0.3 is 0 Å². The highest BCUT2D eigenvalue weighted by atomic mass is 35.5. The average Bonchev–Trinajstić information content (AvgIpc) is 3.13. The first-order valence-corrected chi connectivity index (χ1v) is 9.81. The highest BCUT2D eigenvalue weighted by Gasteiger charge is 2.36. The summed E-state index contributed by atoms with van der Waals surface area (Å²) in [5, 5.41) is 11.4. The van der Waals surface area contributed by atoms with Gasteiger partial charge in [-0.05, 0) is 49.2 Å². The van der Waals surface area contributed by atoms with E-state index in [1.54, 1.807) is 28.9 Å². The van der Waals surface area contributed by atoms with Gasteiger partial charge in [-0.25, -0.2) is 4.68 Å². The molecule has 0 spiro atoms. The predicted octanol–water partition coefficient (Wildman–Crippen LogP) is 5.00. The monoisotopic (exact) mass is 428 g/mol. The van der Waals surface area contributed by atoms with E-state index in [1.807, 2.05) is 32.0 Å². The molecule has 2 N–H and O–H groups in total. The third-order valence-electron chi connectivity index (χ3n) is 4.89. The minimum Gasteiger partial charge on any atom is -0.326 e. The van der Waals surface area contributed by atoms with Gasteiger partial charge < -0.3 is 10.6 Å². The van der Waals surface area contributed by atoms with Gasteiger partial charge in [-0.3, -0.25) is 9.59 Å². The summed E-state index contributed by atoms with van der Waals surface area (Å²) in [6.45, 7) is 3.75. The zero-order valence-corrected chi connectivity index (χ0v) is 17.3. The molecule has 0 saturated heterocycles. The van der Waals surface area contributed by atoms with Crippen LogP contribution in [0.2, 0.25) is 10.0 Å². The van der Waals surface area contributed by atoms with Crippen molar-refractivity contribution in [1.29, 1.82) is 0 Å². The fraction of sp³-hybridized carbons (Fsp3) is 0.190. The van der Waals surface area contributed by atoms with Crippen molar-refractivity contribution in [3.05, 3.63) is 63.8 Å². The van der Waals surface area contributed by atoms with Crippen LogP contribution in [0.25, 0.3) is 11.1 Å². The molecule has 0 radical (unpaired) electrons. The highest BCUT2D eigenvalue weighted by molar-refractivity contribution is 6.31. The number of aryl methyl sites for hydroxylation is 2. The molecule has 29 heavy (non-hydrogen) atoms. The van der Waals surface area contributed by atoms with E-state index >= 15 is 0 Å². The van der Waals surface area contributed by atoms with Crippen LogP contribution in [0.3, 0.4) is 0 Å². The Bertz CT molecular complexity index is 1120. The van der Waals surface area contributed by atoms with Crippen LogP contribution in [0.1, 0.15) is 23.7 Å². The van der Waals surface area contributed by atoms with Crippen molar-refractivity contribution < 1.29 is 9.59 Å². The topological polar surface area (TPSA) is 76.0 Å². The summed E-state index contributed by atoms with van der Waals surface area (Å²) < 4.78 is 1.59. The number of anilines is 2. The van der Waals surface area contributed by atoms with E-state index in [0.717, 1.165) is 22.4 Å². The first-order chi connectivity index (χ1) is 13.8. The number of rotatable bonds is 4. The standard InChI is InChI=1S/C21H18Cl2N4O2/c1-11-3-8-15(9-16(11)23)24-18(28)10-17-21(29)25-20-19(12(2)26-27(17)20)13-4-6-14(22)7-5-13/h3-9,17H,10H2,1-2H3,(H,24,28)(H,25,29). The molecule has 0 fully saturated rings. The van der Waals surface area contributed by atoms with E-state index in [4.69, 9.17) is 23.2 Å². The van der Waals surface area contributed by atoms with Gasteiger partial charge in [-0.1, -0.05) is 41.4 Å². The van der Waals surface area contributed by atoms with Crippen molar-refractivity contribution >= 4 is 46.5 Å². The van der Waals surface area contributed by atoms with Gasteiger partial charge in [-0.2, -0.15) is 5.10 Å². The second kappa shape index (κ2) is 7.54. The molecule has 0 aliphatic carbocycles. The van der Waals surface area contributed by atoms with Crippen molar-refractivity contribution in [2.45, 2.75) is 26.3 Å². The molecule has 4 rings (SSSR count). The lowest BCUT2D eigenvalue weighted by Gasteiger charge is -2.10. The Labute approximate surface area is 177 Å². The maximum atomic E-state index is 12.5. The third kappa shape index (κ3) is 3.73. The Morgan fingerprint density at radius 2 is 1.90 bits per heavy atom. The minimum absolute atomic E-state index is 0.0362. The smallest absolute Gasteiger partial charge is 0.251 e. The number of nitrogens with one attached hydrogen (secondary N) is 2. The number of hydrogen-bond acceptors (Lipinski definition) is 3. The van der Waals surface area contributed by atoms with Crippen LogP contribution in [0.15, 0.2) is 42.5 Å². The second-order valence-electron chi connectivity index (χ2n) is 6.98. The molecule has 148 valence electrons. The van der Waals surface area contributed by atoms with Crippen LogP contribution >= 0.6 is 23.2 Å². The van der Waals surface area contributed by atoms with Gasteiger partial charge in [0.25, 0.3) is 5.91 Å². The van der Waals surface area contributed by atoms with E-state index in [2.05, 4.69) is 15.7 Å². The van der Waals surface area contributed by atoms with Gasteiger partial charge in [0, 0.05) is 21.3 Å². The minimum atomic E-state index is -0.717. The van der Waals surface area contributed by atoms with Crippen LogP contribution in [0.5, 0.6) is 0 Å². The Balaban J connectivity index is 1.57. The number of carbonyl (C=O) groups excluding carboxylic acids is 2. The average molecular weight is 429 g/mol. The van der Waals surface area contributed by atoms with Gasteiger partial charge in [0.15, 0.2) is 0 Å².